The molecule has 0 aromatic heterocycles. The van der Waals surface area contributed by atoms with E-state index in [0.29, 0.717) is 12.5 Å². The number of hydrogen-bond acceptors (Lipinski definition) is 3. The molecule has 88 valence electrons. The molecule has 0 saturated carbocycles. The van der Waals surface area contributed by atoms with E-state index in [1.165, 1.54) is 11.4 Å². The van der Waals surface area contributed by atoms with Crippen LogP contribution in [0.5, 0.6) is 0 Å². The summed E-state index contributed by atoms with van der Waals surface area (Å²) < 4.78 is 0. The van der Waals surface area contributed by atoms with E-state index < -0.39 is 0 Å². The highest BCUT2D eigenvalue weighted by Gasteiger charge is 2.21. The number of fused-ring (bicyclic) bond motifs is 1. The second-order valence-corrected chi connectivity index (χ2v) is 4.71. The van der Waals surface area contributed by atoms with Gasteiger partial charge in [-0.2, -0.15) is 0 Å². The molecule has 0 bridgehead atoms. The lowest BCUT2D eigenvalue weighted by Crippen LogP contribution is -2.33. The van der Waals surface area contributed by atoms with Crippen LogP contribution in [0.3, 0.4) is 0 Å². The van der Waals surface area contributed by atoms with Crippen LogP contribution in [0.25, 0.3) is 0 Å². The molecule has 0 amide bonds. The topological polar surface area (TPSA) is 32.5 Å². The Bertz CT molecular complexity index is 351. The average Bonchev–Trinajstić information content (AvgIpc) is 2.38. The Balaban J connectivity index is 2.36. The molecule has 16 heavy (non-hydrogen) atoms. The van der Waals surface area contributed by atoms with Gasteiger partial charge >= 0.3 is 0 Å². The number of nitrogens with two attached hydrogens (primary N) is 1. The van der Waals surface area contributed by atoms with Gasteiger partial charge in [0.2, 0.25) is 0 Å². The SMILES string of the molecule is CC1CN(C)c2ccccc2N(CCN)C1. The van der Waals surface area contributed by atoms with Crippen molar-refractivity contribution in [3.63, 3.8) is 0 Å². The summed E-state index contributed by atoms with van der Waals surface area (Å²) in [5.74, 6) is 0.670. The summed E-state index contributed by atoms with van der Waals surface area (Å²) >= 11 is 0. The molecule has 1 aliphatic heterocycles. The minimum absolute atomic E-state index is 0.670. The van der Waals surface area contributed by atoms with Gasteiger partial charge in [-0.1, -0.05) is 19.1 Å². The molecular weight excluding hydrogens is 198 g/mol. The maximum atomic E-state index is 5.69. The third-order valence-electron chi connectivity index (χ3n) is 3.15. The van der Waals surface area contributed by atoms with Gasteiger partial charge in [0.15, 0.2) is 0 Å². The van der Waals surface area contributed by atoms with Crippen LogP contribution in [-0.4, -0.2) is 33.2 Å². The quantitative estimate of drug-likeness (QED) is 0.819. The predicted molar refractivity (Wildman–Crippen MR) is 70.1 cm³/mol. The lowest BCUT2D eigenvalue weighted by atomic mass is 10.1. The zero-order valence-corrected chi connectivity index (χ0v) is 10.2. The zero-order valence-electron chi connectivity index (χ0n) is 10.2. The van der Waals surface area contributed by atoms with E-state index in [1.807, 2.05) is 0 Å². The highest BCUT2D eigenvalue weighted by Crippen LogP contribution is 2.31. The summed E-state index contributed by atoms with van der Waals surface area (Å²) in [6.07, 6.45) is 0. The summed E-state index contributed by atoms with van der Waals surface area (Å²) in [5.41, 5.74) is 8.33. The zero-order chi connectivity index (χ0) is 11.5. The van der Waals surface area contributed by atoms with Crippen LogP contribution < -0.4 is 15.5 Å². The van der Waals surface area contributed by atoms with E-state index in [9.17, 15) is 0 Å². The Morgan fingerprint density at radius 1 is 1.25 bits per heavy atom. The molecule has 0 spiro atoms. The van der Waals surface area contributed by atoms with Gasteiger partial charge in [0, 0.05) is 33.2 Å². The Kier molecular flexibility index (Phi) is 3.34. The highest BCUT2D eigenvalue weighted by atomic mass is 15.2. The lowest BCUT2D eigenvalue weighted by Gasteiger charge is -2.25. The average molecular weight is 219 g/mol. The van der Waals surface area contributed by atoms with E-state index in [2.05, 4.69) is 48.0 Å². The number of nitrogens with zero attached hydrogens (tertiary/aromatic N) is 2. The normalized spacial score (nSPS) is 20.6. The van der Waals surface area contributed by atoms with Gasteiger partial charge in [0.1, 0.15) is 0 Å². The third kappa shape index (κ3) is 2.14. The van der Waals surface area contributed by atoms with Crippen molar-refractivity contribution in [2.75, 3.05) is 43.0 Å². The molecule has 2 N–H and O–H groups in total. The van der Waals surface area contributed by atoms with Gasteiger partial charge < -0.3 is 15.5 Å². The van der Waals surface area contributed by atoms with Crippen molar-refractivity contribution < 1.29 is 0 Å². The van der Waals surface area contributed by atoms with Crippen LogP contribution in [0.1, 0.15) is 6.92 Å². The molecule has 2 rings (SSSR count). The van der Waals surface area contributed by atoms with Gasteiger partial charge in [-0.25, -0.2) is 0 Å². The van der Waals surface area contributed by atoms with Crippen LogP contribution in [0.2, 0.25) is 0 Å². The Hall–Kier alpha value is -1.22. The molecule has 0 fully saturated rings. The molecule has 0 saturated heterocycles. The molecule has 1 aromatic rings. The summed E-state index contributed by atoms with van der Waals surface area (Å²) in [7, 11) is 2.17. The fourth-order valence-electron chi connectivity index (χ4n) is 2.52. The molecule has 1 aliphatic rings. The van der Waals surface area contributed by atoms with Crippen molar-refractivity contribution in [1.29, 1.82) is 0 Å². The van der Waals surface area contributed by atoms with E-state index >= 15 is 0 Å². The summed E-state index contributed by atoms with van der Waals surface area (Å²) in [6.45, 7) is 6.16. The first-order chi connectivity index (χ1) is 7.72. The second-order valence-electron chi connectivity index (χ2n) is 4.71. The van der Waals surface area contributed by atoms with Crippen molar-refractivity contribution in [2.45, 2.75) is 6.92 Å². The van der Waals surface area contributed by atoms with Crippen molar-refractivity contribution in [3.05, 3.63) is 24.3 Å². The fraction of sp³-hybridized carbons (Fsp3) is 0.538. The van der Waals surface area contributed by atoms with Gasteiger partial charge in [-0.05, 0) is 18.1 Å². The standard InChI is InChI=1S/C13H21N3/c1-11-9-15(2)12-5-3-4-6-13(12)16(10-11)8-7-14/h3-6,11H,7-10,14H2,1-2H3. The summed E-state index contributed by atoms with van der Waals surface area (Å²) in [4.78, 5) is 4.75. The minimum Gasteiger partial charge on any atom is -0.373 e. The monoisotopic (exact) mass is 219 g/mol. The van der Waals surface area contributed by atoms with Gasteiger partial charge in [-0.3, -0.25) is 0 Å². The lowest BCUT2D eigenvalue weighted by molar-refractivity contribution is 0.572. The van der Waals surface area contributed by atoms with E-state index in [0.717, 1.165) is 19.6 Å². The first kappa shape index (κ1) is 11.3. The third-order valence-corrected chi connectivity index (χ3v) is 3.15. The predicted octanol–water partition coefficient (Wildman–Crippen LogP) is 1.54. The van der Waals surface area contributed by atoms with Gasteiger partial charge in [-0.15, -0.1) is 0 Å². The molecule has 0 aliphatic carbocycles. The van der Waals surface area contributed by atoms with Crippen LogP contribution in [0, 0.1) is 5.92 Å². The van der Waals surface area contributed by atoms with Crippen molar-refractivity contribution in [3.8, 4) is 0 Å². The maximum absolute atomic E-state index is 5.69. The molecule has 1 atom stereocenters. The van der Waals surface area contributed by atoms with Crippen LogP contribution in [0.15, 0.2) is 24.3 Å². The number of hydrogen-bond donors (Lipinski definition) is 1. The van der Waals surface area contributed by atoms with E-state index in [1.54, 1.807) is 0 Å². The van der Waals surface area contributed by atoms with E-state index in [-0.39, 0.29) is 0 Å². The Morgan fingerprint density at radius 3 is 2.62 bits per heavy atom. The van der Waals surface area contributed by atoms with Crippen molar-refractivity contribution >= 4 is 11.4 Å². The van der Waals surface area contributed by atoms with Gasteiger partial charge in [0.25, 0.3) is 0 Å². The number of rotatable bonds is 2. The molecule has 1 aromatic carbocycles. The van der Waals surface area contributed by atoms with Gasteiger partial charge in [0.05, 0.1) is 11.4 Å². The first-order valence-corrected chi connectivity index (χ1v) is 5.97. The van der Waals surface area contributed by atoms with Crippen LogP contribution >= 0.6 is 0 Å². The molecule has 1 heterocycles. The minimum atomic E-state index is 0.670. The molecule has 1 unspecified atom stereocenters. The van der Waals surface area contributed by atoms with Crippen molar-refractivity contribution in [2.24, 2.45) is 11.7 Å². The Morgan fingerprint density at radius 2 is 1.94 bits per heavy atom. The number of anilines is 2. The second kappa shape index (κ2) is 4.74. The molecule has 0 radical (unpaired) electrons. The van der Waals surface area contributed by atoms with E-state index in [4.69, 9.17) is 5.73 Å². The summed E-state index contributed by atoms with van der Waals surface area (Å²) in [5, 5.41) is 0. The molecular formula is C13H21N3. The molecule has 3 heteroatoms. The first-order valence-electron chi connectivity index (χ1n) is 5.97. The number of benzene rings is 1. The smallest absolute Gasteiger partial charge is 0.0604 e. The fourth-order valence-corrected chi connectivity index (χ4v) is 2.52. The number of para-hydroxylation sites is 2. The maximum Gasteiger partial charge on any atom is 0.0604 e. The largest absolute Gasteiger partial charge is 0.373 e. The molecule has 3 nitrogen and oxygen atoms in total. The highest BCUT2D eigenvalue weighted by molar-refractivity contribution is 5.71. The van der Waals surface area contributed by atoms with Crippen LogP contribution in [0.4, 0.5) is 11.4 Å². The summed E-state index contributed by atoms with van der Waals surface area (Å²) in [6, 6.07) is 8.59. The van der Waals surface area contributed by atoms with Crippen LogP contribution in [-0.2, 0) is 0 Å². The van der Waals surface area contributed by atoms with Crippen molar-refractivity contribution in [1.82, 2.24) is 0 Å². The Labute approximate surface area is 97.8 Å².